The van der Waals surface area contributed by atoms with Crippen LogP contribution in [0.3, 0.4) is 0 Å². The number of rotatable bonds is 5. The molecule has 0 aliphatic carbocycles. The molecular weight excluding hydrogens is 507 g/mol. The Balaban J connectivity index is 1.67. The molecule has 0 aliphatic rings. The maximum Gasteiger partial charge on any atom is 0.418 e. The van der Waals surface area contributed by atoms with Gasteiger partial charge in [0.25, 0.3) is 0 Å². The van der Waals surface area contributed by atoms with E-state index in [0.717, 1.165) is 17.7 Å². The van der Waals surface area contributed by atoms with Crippen molar-refractivity contribution in [3.05, 3.63) is 123 Å². The summed E-state index contributed by atoms with van der Waals surface area (Å²) in [6.45, 7) is 1.58. The summed E-state index contributed by atoms with van der Waals surface area (Å²) >= 11 is 5.87. The third-order valence-electron chi connectivity index (χ3n) is 6.28. The van der Waals surface area contributed by atoms with E-state index in [1.165, 1.54) is 22.9 Å². The molecule has 0 saturated heterocycles. The van der Waals surface area contributed by atoms with Crippen LogP contribution in [-0.2, 0) is 19.1 Å². The molecule has 0 spiro atoms. The van der Waals surface area contributed by atoms with Crippen molar-refractivity contribution in [1.82, 2.24) is 9.78 Å². The Kier molecular flexibility index (Phi) is 6.50. The van der Waals surface area contributed by atoms with Gasteiger partial charge in [-0.25, -0.2) is 8.78 Å². The van der Waals surface area contributed by atoms with E-state index in [2.05, 4.69) is 5.10 Å². The number of hydrogen-bond donors (Lipinski definition) is 0. The van der Waals surface area contributed by atoms with Crippen LogP contribution in [0.1, 0.15) is 27.8 Å². The molecule has 37 heavy (non-hydrogen) atoms. The van der Waals surface area contributed by atoms with Crippen LogP contribution in [0.15, 0.2) is 78.9 Å². The number of alkyl halides is 3. The minimum Gasteiger partial charge on any atom is -0.259 e. The van der Waals surface area contributed by atoms with Crippen LogP contribution in [0.2, 0.25) is 5.02 Å². The van der Waals surface area contributed by atoms with Crippen LogP contribution in [0.5, 0.6) is 0 Å². The Bertz CT molecular complexity index is 1620. The SMILES string of the molecule is Cc1cccc(Cc2cccc(-c3c4cccc(C(F)(F)F)c4nn3Cc3ccc(Cl)cc3F)c2)c1F. The maximum atomic E-state index is 14.6. The predicted octanol–water partition coefficient (Wildman–Crippen LogP) is 8.60. The fraction of sp³-hybridized carbons (Fsp3) is 0.138. The highest BCUT2D eigenvalue weighted by molar-refractivity contribution is 6.30. The van der Waals surface area contributed by atoms with E-state index in [0.29, 0.717) is 28.8 Å². The van der Waals surface area contributed by atoms with Crippen molar-refractivity contribution in [2.75, 3.05) is 0 Å². The quantitative estimate of drug-likeness (QED) is 0.210. The molecule has 0 amide bonds. The van der Waals surface area contributed by atoms with Gasteiger partial charge in [0.2, 0.25) is 0 Å². The molecule has 8 heteroatoms. The molecule has 5 aromatic rings. The summed E-state index contributed by atoms with van der Waals surface area (Å²) in [6, 6.07) is 20.3. The Labute approximate surface area is 214 Å². The first-order valence-electron chi connectivity index (χ1n) is 11.5. The van der Waals surface area contributed by atoms with Crippen molar-refractivity contribution < 1.29 is 22.0 Å². The van der Waals surface area contributed by atoms with Crippen molar-refractivity contribution in [3.63, 3.8) is 0 Å². The molecule has 2 nitrogen and oxygen atoms in total. The summed E-state index contributed by atoms with van der Waals surface area (Å²) in [4.78, 5) is 0. The minimum absolute atomic E-state index is 0.110. The second-order valence-electron chi connectivity index (χ2n) is 8.87. The van der Waals surface area contributed by atoms with E-state index in [9.17, 15) is 22.0 Å². The van der Waals surface area contributed by atoms with Crippen LogP contribution < -0.4 is 0 Å². The Morgan fingerprint density at radius 2 is 1.62 bits per heavy atom. The largest absolute Gasteiger partial charge is 0.418 e. The molecule has 0 radical (unpaired) electrons. The van der Waals surface area contributed by atoms with Gasteiger partial charge in [-0.2, -0.15) is 18.3 Å². The van der Waals surface area contributed by atoms with E-state index >= 15 is 0 Å². The zero-order valence-corrected chi connectivity index (χ0v) is 20.3. The lowest BCUT2D eigenvalue weighted by Crippen LogP contribution is -2.07. The normalized spacial score (nSPS) is 11.9. The fourth-order valence-corrected chi connectivity index (χ4v) is 4.66. The molecule has 0 bridgehead atoms. The number of aryl methyl sites for hydroxylation is 1. The van der Waals surface area contributed by atoms with Gasteiger partial charge in [-0.05, 0) is 47.9 Å². The number of halogens is 6. The van der Waals surface area contributed by atoms with Gasteiger partial charge in [0.1, 0.15) is 17.2 Å². The number of aromatic nitrogens is 2. The molecule has 1 heterocycles. The highest BCUT2D eigenvalue weighted by Crippen LogP contribution is 2.38. The maximum absolute atomic E-state index is 14.6. The summed E-state index contributed by atoms with van der Waals surface area (Å²) in [5.74, 6) is -0.880. The minimum atomic E-state index is -4.62. The third kappa shape index (κ3) is 4.96. The summed E-state index contributed by atoms with van der Waals surface area (Å²) in [5.41, 5.74) is 1.93. The highest BCUT2D eigenvalue weighted by Gasteiger charge is 2.34. The van der Waals surface area contributed by atoms with Gasteiger partial charge in [-0.1, -0.05) is 66.2 Å². The molecule has 5 rings (SSSR count). The molecule has 1 aromatic heterocycles. The lowest BCUT2D eigenvalue weighted by Gasteiger charge is -2.12. The zero-order chi connectivity index (χ0) is 26.3. The standard InChI is InChI=1S/C29H20ClF5N2/c1-17-5-2-7-19(26(17)32)13-18-6-3-8-20(14-18)28-23-9-4-10-24(29(33,34)35)27(23)36-37(28)16-21-11-12-22(30)15-25(21)31/h2-12,14-15H,13,16H2,1H3. The average Bonchev–Trinajstić information content (AvgIpc) is 3.21. The molecule has 188 valence electrons. The summed E-state index contributed by atoms with van der Waals surface area (Å²) in [7, 11) is 0. The molecule has 0 saturated carbocycles. The van der Waals surface area contributed by atoms with Gasteiger partial charge in [-0.15, -0.1) is 0 Å². The van der Waals surface area contributed by atoms with Crippen molar-refractivity contribution in [1.29, 1.82) is 0 Å². The molecule has 0 atom stereocenters. The molecule has 4 aromatic carbocycles. The summed E-state index contributed by atoms with van der Waals surface area (Å²) in [6.07, 6.45) is -4.32. The number of fused-ring (bicyclic) bond motifs is 1. The number of hydrogen-bond acceptors (Lipinski definition) is 1. The number of benzene rings is 4. The van der Waals surface area contributed by atoms with E-state index in [1.807, 2.05) is 6.07 Å². The van der Waals surface area contributed by atoms with Crippen LogP contribution in [0, 0.1) is 18.6 Å². The van der Waals surface area contributed by atoms with Gasteiger partial charge < -0.3 is 0 Å². The molecule has 0 fully saturated rings. The summed E-state index contributed by atoms with van der Waals surface area (Å²) in [5, 5.41) is 4.78. The fourth-order valence-electron chi connectivity index (χ4n) is 4.50. The highest BCUT2D eigenvalue weighted by atomic mass is 35.5. The van der Waals surface area contributed by atoms with Crippen LogP contribution in [0.25, 0.3) is 22.2 Å². The topological polar surface area (TPSA) is 17.8 Å². The monoisotopic (exact) mass is 526 g/mol. The molecule has 0 aliphatic heterocycles. The van der Waals surface area contributed by atoms with Crippen molar-refractivity contribution in [3.8, 4) is 11.3 Å². The smallest absolute Gasteiger partial charge is 0.259 e. The van der Waals surface area contributed by atoms with Gasteiger partial charge in [0, 0.05) is 28.0 Å². The van der Waals surface area contributed by atoms with Crippen molar-refractivity contribution in [2.24, 2.45) is 0 Å². The van der Waals surface area contributed by atoms with Gasteiger partial charge >= 0.3 is 6.18 Å². The van der Waals surface area contributed by atoms with E-state index in [1.54, 1.807) is 49.4 Å². The Morgan fingerprint density at radius 3 is 2.38 bits per heavy atom. The van der Waals surface area contributed by atoms with Gasteiger partial charge in [0.05, 0.1) is 17.8 Å². The first-order valence-corrected chi connectivity index (χ1v) is 11.8. The van der Waals surface area contributed by atoms with E-state index < -0.39 is 17.6 Å². The predicted molar refractivity (Wildman–Crippen MR) is 135 cm³/mol. The average molecular weight is 527 g/mol. The lowest BCUT2D eigenvalue weighted by atomic mass is 9.98. The Morgan fingerprint density at radius 1 is 0.865 bits per heavy atom. The van der Waals surface area contributed by atoms with Crippen molar-refractivity contribution in [2.45, 2.75) is 26.1 Å². The summed E-state index contributed by atoms with van der Waals surface area (Å²) < 4.78 is 72.1. The first-order chi connectivity index (χ1) is 17.6. The Hall–Kier alpha value is -3.71. The van der Waals surface area contributed by atoms with Crippen LogP contribution >= 0.6 is 11.6 Å². The lowest BCUT2D eigenvalue weighted by molar-refractivity contribution is -0.136. The first kappa shape index (κ1) is 25.0. The molecule has 0 N–H and O–H groups in total. The molecule has 0 unspecified atom stereocenters. The van der Waals surface area contributed by atoms with Crippen molar-refractivity contribution >= 4 is 22.5 Å². The third-order valence-corrected chi connectivity index (χ3v) is 6.51. The molecular formula is C29H20ClF5N2. The second-order valence-corrected chi connectivity index (χ2v) is 9.30. The van der Waals surface area contributed by atoms with Crippen LogP contribution in [0.4, 0.5) is 22.0 Å². The van der Waals surface area contributed by atoms with Crippen LogP contribution in [-0.4, -0.2) is 9.78 Å². The zero-order valence-electron chi connectivity index (χ0n) is 19.6. The number of nitrogens with zero attached hydrogens (tertiary/aromatic N) is 2. The van der Waals surface area contributed by atoms with E-state index in [4.69, 9.17) is 11.6 Å². The van der Waals surface area contributed by atoms with E-state index in [-0.39, 0.29) is 33.9 Å². The second kappa shape index (κ2) is 9.63. The van der Waals surface area contributed by atoms with Gasteiger partial charge in [0.15, 0.2) is 0 Å². The van der Waals surface area contributed by atoms with Gasteiger partial charge in [-0.3, -0.25) is 4.68 Å².